The lowest BCUT2D eigenvalue weighted by Gasteiger charge is -2.45. The van der Waals surface area contributed by atoms with Gasteiger partial charge in [-0.25, -0.2) is 0 Å². The predicted molar refractivity (Wildman–Crippen MR) is 493 cm³/mol. The number of aromatic nitrogens is 4. The molecule has 2 aliphatic rings. The Kier molecular flexibility index (Phi) is 13.4. The van der Waals surface area contributed by atoms with E-state index in [2.05, 4.69) is 259 Å². The zero-order valence-corrected chi connectivity index (χ0v) is 67.3. The van der Waals surface area contributed by atoms with Gasteiger partial charge < -0.3 is 28.1 Å². The van der Waals surface area contributed by atoms with E-state index < -0.39 is 67.1 Å². The largest absolute Gasteiger partial charge is 0.310 e. The van der Waals surface area contributed by atoms with Crippen molar-refractivity contribution < 1.29 is 13.7 Å². The van der Waals surface area contributed by atoms with Gasteiger partial charge in [-0.05, 0) is 216 Å². The predicted octanol–water partition coefficient (Wildman–Crippen LogP) is 26.4. The number of rotatable bonds is 8. The number of nitrogens with zero attached hydrogens (tertiary/aromatic N) is 8. The van der Waals surface area contributed by atoms with Crippen molar-refractivity contribution in [2.24, 2.45) is 0 Å². The fourth-order valence-corrected chi connectivity index (χ4v) is 18.7. The summed E-state index contributed by atoms with van der Waals surface area (Å²) in [6.45, 7) is 26.0. The summed E-state index contributed by atoms with van der Waals surface area (Å²) in [4.78, 5) is 4.29. The normalized spacial score (nSPS) is 14.3. The maximum Gasteiger partial charge on any atom is 0.252 e. The Labute approximate surface area is 697 Å². The topological polar surface area (TPSA) is 73.8 Å². The van der Waals surface area contributed by atoms with Crippen LogP contribution in [-0.2, 0) is 21.7 Å². The minimum absolute atomic E-state index is 0.0645. The maximum atomic E-state index is 13.0. The van der Waals surface area contributed by atoms with Crippen molar-refractivity contribution in [3.63, 3.8) is 0 Å². The van der Waals surface area contributed by atoms with Gasteiger partial charge in [0, 0.05) is 77.2 Å². The van der Waals surface area contributed by atoms with Crippen LogP contribution in [0.1, 0.15) is 130 Å². The lowest BCUT2D eigenvalue weighted by molar-refractivity contribution is 0.590. The standard InChI is InChI=1S/C108H87BN8/c1-105(2,3)71-41-49-93-82(56-71)83-57-72(106(4,5)6)42-50-94(83)113(93)76-46-48-88-101(61-76)116(97-60-75(45-39-69(97)64-110)112-89-35-23-19-31-78(89)79-32-20-24-36-90(79)112)102-62-77(114-95-51-43-73(107(7,8)9)58-84(95)85-59-74(108(10,11)12)44-52-96(85)114)63-103-104(102)109(88)87-47-40-68(66-27-15-13-16-28-66)53-100(87)117(103)99-55-70(67-29-17-14-18-30-67)54-98(86(99)65-111)115-91-37-25-21-33-80(91)81-34-22-26-38-92(81)115/h13-63H,1-12H3/i13D,14D,15D,16D,17D,18D,27D,28D,29D,30D. The molecule has 21 rings (SSSR count). The van der Waals surface area contributed by atoms with Gasteiger partial charge in [-0.2, -0.15) is 10.5 Å². The molecule has 0 saturated heterocycles. The van der Waals surface area contributed by atoms with Crippen LogP contribution in [-0.4, -0.2) is 25.0 Å². The zero-order valence-electron chi connectivity index (χ0n) is 77.3. The third-order valence-corrected chi connectivity index (χ3v) is 24.6. The smallest absolute Gasteiger partial charge is 0.252 e. The number of hydrogen-bond acceptors (Lipinski definition) is 4. The Morgan fingerprint density at radius 2 is 0.615 bits per heavy atom. The van der Waals surface area contributed by atoms with E-state index >= 15 is 0 Å². The van der Waals surface area contributed by atoms with Crippen LogP contribution in [0.15, 0.2) is 309 Å². The molecule has 0 unspecified atom stereocenters. The maximum absolute atomic E-state index is 13.0. The third-order valence-electron chi connectivity index (χ3n) is 24.6. The van der Waals surface area contributed by atoms with E-state index in [0.29, 0.717) is 45.2 Å². The quantitative estimate of drug-likeness (QED) is 0.142. The molecule has 8 nitrogen and oxygen atoms in total. The molecule has 0 saturated carbocycles. The molecule has 0 radical (unpaired) electrons. The van der Waals surface area contributed by atoms with Crippen LogP contribution in [0.2, 0.25) is 0 Å². The highest BCUT2D eigenvalue weighted by Crippen LogP contribution is 2.53. The minimum atomic E-state index is -0.777. The molecule has 2 aliphatic heterocycles. The van der Waals surface area contributed by atoms with Crippen molar-refractivity contribution in [3.05, 3.63) is 343 Å². The second kappa shape index (κ2) is 25.8. The molecule has 0 fully saturated rings. The number of hydrogen-bond donors (Lipinski definition) is 0. The van der Waals surface area contributed by atoms with Gasteiger partial charge in [0.1, 0.15) is 17.7 Å². The number of anilines is 6. The summed E-state index contributed by atoms with van der Waals surface area (Å²) in [6, 6.07) is 86.3. The molecule has 15 aromatic carbocycles. The summed E-state index contributed by atoms with van der Waals surface area (Å²) in [5.74, 6) is 0. The molecule has 0 aliphatic carbocycles. The van der Waals surface area contributed by atoms with Gasteiger partial charge >= 0.3 is 0 Å². The van der Waals surface area contributed by atoms with Crippen molar-refractivity contribution in [1.82, 2.24) is 18.3 Å². The van der Waals surface area contributed by atoms with Crippen molar-refractivity contribution in [2.75, 3.05) is 9.80 Å². The van der Waals surface area contributed by atoms with E-state index in [-0.39, 0.29) is 55.2 Å². The Bertz CT molecular complexity index is 7900. The Hall–Kier alpha value is -13.9. The van der Waals surface area contributed by atoms with E-state index in [1.807, 2.05) is 100 Å². The van der Waals surface area contributed by atoms with Gasteiger partial charge in [0.15, 0.2) is 0 Å². The van der Waals surface area contributed by atoms with Crippen molar-refractivity contribution in [1.29, 1.82) is 10.5 Å². The van der Waals surface area contributed by atoms with E-state index in [9.17, 15) is 21.5 Å². The average Bonchev–Trinajstić information content (AvgIpc) is 1.53. The van der Waals surface area contributed by atoms with Crippen LogP contribution in [0.25, 0.3) is 132 Å². The Morgan fingerprint density at radius 1 is 0.274 bits per heavy atom. The molecule has 19 aromatic rings. The van der Waals surface area contributed by atoms with E-state index in [4.69, 9.17) is 2.74 Å². The van der Waals surface area contributed by atoms with Crippen LogP contribution in [0, 0.1) is 22.7 Å². The Balaban J connectivity index is 0.974. The second-order valence-electron chi connectivity index (χ2n) is 35.7. The fourth-order valence-electron chi connectivity index (χ4n) is 18.7. The molecular weight excluding hydrogens is 1420 g/mol. The summed E-state index contributed by atoms with van der Waals surface area (Å²) >= 11 is 0. The molecular formula is C108H87BN8. The second-order valence-corrected chi connectivity index (χ2v) is 35.7. The van der Waals surface area contributed by atoms with Crippen LogP contribution in [0.4, 0.5) is 34.1 Å². The van der Waals surface area contributed by atoms with E-state index in [1.54, 1.807) is 12.1 Å². The summed E-state index contributed by atoms with van der Waals surface area (Å²) in [5, 5.41) is 33.3. The van der Waals surface area contributed by atoms with E-state index in [1.165, 1.54) is 11.1 Å². The minimum Gasteiger partial charge on any atom is -0.310 e. The first-order valence-corrected chi connectivity index (χ1v) is 40.1. The SMILES string of the molecule is [2H]c1c([2H])c([2H])c(-c2ccc3c(c2)N(c2cc(-c4c([2H])c([2H])c([2H])c([2H])c4[2H])cc(-n4c5ccccc5c5ccccc54)c2C#N)c2cc(-n4c5ccc(C(C)(C)C)cc5c5cc(C(C)(C)C)ccc54)cc4c2B3c2ccc(-n3c5ccc(C(C)(C)C)cc5c5cc(C(C)(C)C)ccc53)cc2N4c2cc(-n3c4ccccc4c4ccccc43)ccc2C#N)c([2H])c1[2H]. The molecule has 0 N–H and O–H groups in total. The fraction of sp³-hybridized carbons (Fsp3) is 0.148. The summed E-state index contributed by atoms with van der Waals surface area (Å²) in [6.07, 6.45) is 0. The van der Waals surface area contributed by atoms with Gasteiger partial charge in [0.25, 0.3) is 6.71 Å². The van der Waals surface area contributed by atoms with Crippen LogP contribution >= 0.6 is 0 Å². The first kappa shape index (κ1) is 60.7. The first-order chi connectivity index (χ1) is 60.6. The van der Waals surface area contributed by atoms with Crippen LogP contribution < -0.4 is 26.2 Å². The van der Waals surface area contributed by atoms with Gasteiger partial charge in [0.05, 0.1) is 86.2 Å². The number of fused-ring (bicyclic) bond motifs is 16. The van der Waals surface area contributed by atoms with Crippen molar-refractivity contribution >= 4 is 144 Å². The van der Waals surface area contributed by atoms with Gasteiger partial charge in [-0.15, -0.1) is 0 Å². The summed E-state index contributed by atoms with van der Waals surface area (Å²) in [5.41, 5.74) is 19.3. The molecule has 562 valence electrons. The highest BCUT2D eigenvalue weighted by Gasteiger charge is 2.46. The third kappa shape index (κ3) is 11.0. The van der Waals surface area contributed by atoms with Crippen molar-refractivity contribution in [3.8, 4) is 57.1 Å². The van der Waals surface area contributed by atoms with Gasteiger partial charge in [-0.1, -0.05) is 259 Å². The zero-order chi connectivity index (χ0) is 88.7. The molecule has 0 spiro atoms. The molecule has 6 heterocycles. The van der Waals surface area contributed by atoms with Gasteiger partial charge in [0.2, 0.25) is 0 Å². The number of nitriles is 2. The molecule has 4 aromatic heterocycles. The molecule has 0 amide bonds. The number of para-hydroxylation sites is 4. The summed E-state index contributed by atoms with van der Waals surface area (Å²) in [7, 11) is 0. The highest BCUT2D eigenvalue weighted by atomic mass is 15.2. The lowest BCUT2D eigenvalue weighted by atomic mass is 9.33. The van der Waals surface area contributed by atoms with Crippen LogP contribution in [0.5, 0.6) is 0 Å². The average molecular weight is 1520 g/mol. The van der Waals surface area contributed by atoms with Crippen molar-refractivity contribution in [2.45, 2.75) is 105 Å². The van der Waals surface area contributed by atoms with Gasteiger partial charge in [-0.3, -0.25) is 0 Å². The first-order valence-electron chi connectivity index (χ1n) is 45.1. The van der Waals surface area contributed by atoms with E-state index in [0.717, 1.165) is 126 Å². The van der Waals surface area contributed by atoms with Crippen LogP contribution in [0.3, 0.4) is 0 Å². The Morgan fingerprint density at radius 3 is 1.04 bits per heavy atom. The molecule has 117 heavy (non-hydrogen) atoms. The molecule has 0 atom stereocenters. The molecule has 9 heteroatoms. The molecule has 0 bridgehead atoms. The highest BCUT2D eigenvalue weighted by molar-refractivity contribution is 7.00. The monoisotopic (exact) mass is 1520 g/mol. The summed E-state index contributed by atoms with van der Waals surface area (Å²) < 4.78 is 104. The number of benzene rings is 15. The lowest BCUT2D eigenvalue weighted by Crippen LogP contribution is -2.61.